The third-order valence-corrected chi connectivity index (χ3v) is 2.22. The first-order valence-corrected chi connectivity index (χ1v) is 4.62. The van der Waals surface area contributed by atoms with Crippen molar-refractivity contribution in [1.82, 2.24) is 4.98 Å². The highest BCUT2D eigenvalue weighted by Gasteiger charge is 2.13. The van der Waals surface area contributed by atoms with Crippen molar-refractivity contribution in [3.63, 3.8) is 0 Å². The summed E-state index contributed by atoms with van der Waals surface area (Å²) in [6, 6.07) is 7.74. The molecule has 4 heteroatoms. The normalized spacial score (nSPS) is 10.1. The predicted octanol–water partition coefficient (Wildman–Crippen LogP) is 2.59. The van der Waals surface area contributed by atoms with Gasteiger partial charge in [-0.2, -0.15) is 0 Å². The molecule has 80 valence electrons. The van der Waals surface area contributed by atoms with E-state index >= 15 is 0 Å². The Kier molecular flexibility index (Phi) is 2.64. The standard InChI is InChI=1S/C12H8FNO2/c13-11-7-14-6-5-9(11)8-3-1-2-4-10(8)12(15)16/h1-7H,(H,15,16). The van der Waals surface area contributed by atoms with Crippen molar-refractivity contribution >= 4 is 5.97 Å². The van der Waals surface area contributed by atoms with E-state index in [1.54, 1.807) is 18.2 Å². The zero-order valence-corrected chi connectivity index (χ0v) is 8.22. The van der Waals surface area contributed by atoms with Crippen molar-refractivity contribution in [2.45, 2.75) is 0 Å². The van der Waals surface area contributed by atoms with Crippen molar-refractivity contribution in [3.8, 4) is 11.1 Å². The minimum Gasteiger partial charge on any atom is -0.478 e. The van der Waals surface area contributed by atoms with E-state index in [2.05, 4.69) is 4.98 Å². The average molecular weight is 217 g/mol. The van der Waals surface area contributed by atoms with Gasteiger partial charge in [0.05, 0.1) is 11.8 Å². The van der Waals surface area contributed by atoms with Gasteiger partial charge in [-0.05, 0) is 17.7 Å². The van der Waals surface area contributed by atoms with Crippen LogP contribution in [0.4, 0.5) is 4.39 Å². The van der Waals surface area contributed by atoms with Gasteiger partial charge in [-0.15, -0.1) is 0 Å². The molecule has 0 saturated heterocycles. The van der Waals surface area contributed by atoms with E-state index in [0.717, 1.165) is 6.20 Å². The van der Waals surface area contributed by atoms with Gasteiger partial charge in [0.1, 0.15) is 5.82 Å². The van der Waals surface area contributed by atoms with Crippen molar-refractivity contribution < 1.29 is 14.3 Å². The van der Waals surface area contributed by atoms with E-state index in [0.29, 0.717) is 5.56 Å². The van der Waals surface area contributed by atoms with Gasteiger partial charge in [0.15, 0.2) is 0 Å². The number of aromatic nitrogens is 1. The molecule has 0 aliphatic rings. The lowest BCUT2D eigenvalue weighted by molar-refractivity contribution is 0.0697. The predicted molar refractivity (Wildman–Crippen MR) is 56.6 cm³/mol. The van der Waals surface area contributed by atoms with E-state index < -0.39 is 11.8 Å². The van der Waals surface area contributed by atoms with Gasteiger partial charge in [0.25, 0.3) is 0 Å². The molecule has 1 aromatic carbocycles. The second-order valence-corrected chi connectivity index (χ2v) is 3.21. The summed E-state index contributed by atoms with van der Waals surface area (Å²) in [5, 5.41) is 8.98. The second-order valence-electron chi connectivity index (χ2n) is 3.21. The second kappa shape index (κ2) is 4.10. The Morgan fingerprint density at radius 3 is 2.62 bits per heavy atom. The van der Waals surface area contributed by atoms with Crippen LogP contribution < -0.4 is 0 Å². The molecule has 0 spiro atoms. The third kappa shape index (κ3) is 1.77. The SMILES string of the molecule is O=C(O)c1ccccc1-c1ccncc1F. The fourth-order valence-electron chi connectivity index (χ4n) is 1.50. The number of hydrogen-bond acceptors (Lipinski definition) is 2. The van der Waals surface area contributed by atoms with Crippen molar-refractivity contribution in [1.29, 1.82) is 0 Å². The van der Waals surface area contributed by atoms with Gasteiger partial charge < -0.3 is 5.11 Å². The average Bonchev–Trinajstić information content (AvgIpc) is 2.29. The number of halogens is 1. The van der Waals surface area contributed by atoms with E-state index in [-0.39, 0.29) is 11.1 Å². The van der Waals surface area contributed by atoms with Crippen LogP contribution in [0.1, 0.15) is 10.4 Å². The maximum absolute atomic E-state index is 13.5. The largest absolute Gasteiger partial charge is 0.478 e. The Hall–Kier alpha value is -2.23. The van der Waals surface area contributed by atoms with Gasteiger partial charge in [-0.1, -0.05) is 18.2 Å². The number of pyridine rings is 1. The lowest BCUT2D eigenvalue weighted by atomic mass is 10.0. The van der Waals surface area contributed by atoms with Gasteiger partial charge in [0.2, 0.25) is 0 Å². The summed E-state index contributed by atoms with van der Waals surface area (Å²) in [6.07, 6.45) is 2.49. The number of carbonyl (C=O) groups is 1. The zero-order valence-electron chi connectivity index (χ0n) is 8.22. The number of aromatic carboxylic acids is 1. The quantitative estimate of drug-likeness (QED) is 0.841. The molecule has 0 aliphatic carbocycles. The van der Waals surface area contributed by atoms with Gasteiger partial charge in [-0.3, -0.25) is 4.98 Å². The molecule has 0 fully saturated rings. The van der Waals surface area contributed by atoms with Crippen LogP contribution in [0.3, 0.4) is 0 Å². The minimum absolute atomic E-state index is 0.0765. The van der Waals surface area contributed by atoms with Gasteiger partial charge in [0, 0.05) is 11.8 Å². The first-order chi connectivity index (χ1) is 7.70. The highest BCUT2D eigenvalue weighted by molar-refractivity contribution is 5.95. The number of carboxylic acid groups (broad SMARTS) is 1. The molecule has 1 N–H and O–H groups in total. The van der Waals surface area contributed by atoms with E-state index in [1.165, 1.54) is 18.3 Å². The Bertz CT molecular complexity index is 540. The maximum Gasteiger partial charge on any atom is 0.336 e. The molecule has 16 heavy (non-hydrogen) atoms. The van der Waals surface area contributed by atoms with E-state index in [4.69, 9.17) is 5.11 Å². The van der Waals surface area contributed by atoms with E-state index in [9.17, 15) is 9.18 Å². The van der Waals surface area contributed by atoms with Crippen LogP contribution >= 0.6 is 0 Å². The maximum atomic E-state index is 13.5. The van der Waals surface area contributed by atoms with Crippen LogP contribution in [0.5, 0.6) is 0 Å². The van der Waals surface area contributed by atoms with Crippen LogP contribution in [-0.4, -0.2) is 16.1 Å². The molecule has 2 rings (SSSR count). The van der Waals surface area contributed by atoms with Crippen LogP contribution in [0.2, 0.25) is 0 Å². The lowest BCUT2D eigenvalue weighted by Crippen LogP contribution is -2.00. The number of hydrogen-bond donors (Lipinski definition) is 1. The number of benzene rings is 1. The Balaban J connectivity index is 2.65. The Morgan fingerprint density at radius 2 is 1.94 bits per heavy atom. The molecular formula is C12H8FNO2. The van der Waals surface area contributed by atoms with Gasteiger partial charge in [-0.25, -0.2) is 9.18 Å². The molecule has 1 heterocycles. The molecule has 1 aromatic heterocycles. The molecule has 0 atom stereocenters. The molecule has 2 aromatic rings. The summed E-state index contributed by atoms with van der Waals surface area (Å²) in [6.45, 7) is 0. The molecule has 0 amide bonds. The first-order valence-electron chi connectivity index (χ1n) is 4.62. The molecule has 0 aliphatic heterocycles. The molecule has 0 saturated carbocycles. The molecular weight excluding hydrogens is 209 g/mol. The minimum atomic E-state index is -1.08. The smallest absolute Gasteiger partial charge is 0.336 e. The number of nitrogens with zero attached hydrogens (tertiary/aromatic N) is 1. The molecule has 0 unspecified atom stereocenters. The summed E-state index contributed by atoms with van der Waals surface area (Å²) < 4.78 is 13.5. The van der Waals surface area contributed by atoms with E-state index in [1.807, 2.05) is 0 Å². The topological polar surface area (TPSA) is 50.2 Å². The summed E-state index contributed by atoms with van der Waals surface area (Å²) in [4.78, 5) is 14.6. The monoisotopic (exact) mass is 217 g/mol. The number of carboxylic acids is 1. The molecule has 3 nitrogen and oxygen atoms in total. The zero-order chi connectivity index (χ0) is 11.5. The summed E-state index contributed by atoms with van der Waals surface area (Å²) >= 11 is 0. The van der Waals surface area contributed by atoms with Crippen LogP contribution in [0, 0.1) is 5.82 Å². The summed E-state index contributed by atoms with van der Waals surface area (Å²) in [7, 11) is 0. The number of rotatable bonds is 2. The van der Waals surface area contributed by atoms with Crippen molar-refractivity contribution in [2.75, 3.05) is 0 Å². The third-order valence-electron chi connectivity index (χ3n) is 2.22. The fraction of sp³-hybridized carbons (Fsp3) is 0. The lowest BCUT2D eigenvalue weighted by Gasteiger charge is -2.06. The highest BCUT2D eigenvalue weighted by atomic mass is 19.1. The first kappa shape index (κ1) is 10.3. The summed E-state index contributed by atoms with van der Waals surface area (Å²) in [5.74, 6) is -1.61. The van der Waals surface area contributed by atoms with Crippen molar-refractivity contribution in [2.24, 2.45) is 0 Å². The van der Waals surface area contributed by atoms with Crippen LogP contribution in [0.25, 0.3) is 11.1 Å². The van der Waals surface area contributed by atoms with Crippen LogP contribution in [0.15, 0.2) is 42.7 Å². The molecule has 0 bridgehead atoms. The fourth-order valence-corrected chi connectivity index (χ4v) is 1.50. The Labute approximate surface area is 91.2 Å². The van der Waals surface area contributed by atoms with Gasteiger partial charge >= 0.3 is 5.97 Å². The summed E-state index contributed by atoms with van der Waals surface area (Å²) in [5.41, 5.74) is 0.676. The van der Waals surface area contributed by atoms with Crippen LogP contribution in [-0.2, 0) is 0 Å². The Morgan fingerprint density at radius 1 is 1.19 bits per heavy atom. The van der Waals surface area contributed by atoms with Crippen molar-refractivity contribution in [3.05, 3.63) is 54.1 Å². The highest BCUT2D eigenvalue weighted by Crippen LogP contribution is 2.25. The molecule has 0 radical (unpaired) electrons.